The molecule has 0 bridgehead atoms. The Morgan fingerprint density at radius 3 is 2.64 bits per heavy atom. The van der Waals surface area contributed by atoms with Gasteiger partial charge >= 0.3 is 5.97 Å². The summed E-state index contributed by atoms with van der Waals surface area (Å²) in [5.74, 6) is -1.34. The summed E-state index contributed by atoms with van der Waals surface area (Å²) < 4.78 is 30.4. The Kier molecular flexibility index (Phi) is 4.25. The fourth-order valence-electron chi connectivity index (χ4n) is 2.47. The molecule has 1 aliphatic heterocycles. The highest BCUT2D eigenvalue weighted by atomic mass is 32.2. The molecule has 8 heteroatoms. The van der Waals surface area contributed by atoms with E-state index in [0.717, 1.165) is 0 Å². The number of hydrogen-bond donors (Lipinski definition) is 0. The first-order chi connectivity index (χ1) is 11.9. The fraction of sp³-hybridized carbons (Fsp3) is 0.118. The molecular weight excluding hydrogens is 344 g/mol. The number of rotatable bonds is 4. The third kappa shape index (κ3) is 2.97. The average Bonchev–Trinajstić information content (AvgIpc) is 2.82. The van der Waals surface area contributed by atoms with E-state index in [2.05, 4.69) is 0 Å². The summed E-state index contributed by atoms with van der Waals surface area (Å²) in [4.78, 5) is 24.1. The van der Waals surface area contributed by atoms with Crippen molar-refractivity contribution in [1.82, 2.24) is 4.31 Å². The second kappa shape index (κ2) is 6.37. The van der Waals surface area contributed by atoms with E-state index >= 15 is 0 Å². The zero-order valence-corrected chi connectivity index (χ0v) is 13.7. The van der Waals surface area contributed by atoms with E-state index in [9.17, 15) is 18.0 Å². The first-order valence-electron chi connectivity index (χ1n) is 7.28. The molecule has 0 aromatic heterocycles. The van der Waals surface area contributed by atoms with Crippen LogP contribution >= 0.6 is 0 Å². The van der Waals surface area contributed by atoms with Gasteiger partial charge in [-0.25, -0.2) is 17.5 Å². The Balaban J connectivity index is 1.68. The standard InChI is InChI=1S/C17H12N2O5S/c18-11-12-4-3-5-13(10-12)17(21)24-9-8-19-16(20)14-6-1-2-7-15(14)25(19,22)23/h1-7,10H,8-9H2. The van der Waals surface area contributed by atoms with E-state index < -0.39 is 21.9 Å². The van der Waals surface area contributed by atoms with Crippen molar-refractivity contribution in [3.05, 3.63) is 65.2 Å². The van der Waals surface area contributed by atoms with Crippen molar-refractivity contribution in [2.75, 3.05) is 13.2 Å². The van der Waals surface area contributed by atoms with Crippen LogP contribution in [0.4, 0.5) is 0 Å². The highest BCUT2D eigenvalue weighted by molar-refractivity contribution is 7.90. The lowest BCUT2D eigenvalue weighted by atomic mass is 10.1. The number of amides is 1. The Labute approximate surface area is 144 Å². The Morgan fingerprint density at radius 2 is 1.92 bits per heavy atom. The van der Waals surface area contributed by atoms with Crippen molar-refractivity contribution in [3.63, 3.8) is 0 Å². The Bertz CT molecular complexity index is 1010. The third-order valence-corrected chi connectivity index (χ3v) is 5.51. The van der Waals surface area contributed by atoms with E-state index in [1.807, 2.05) is 6.07 Å². The monoisotopic (exact) mass is 356 g/mol. The average molecular weight is 356 g/mol. The molecule has 1 heterocycles. The summed E-state index contributed by atoms with van der Waals surface area (Å²) in [6.07, 6.45) is 0. The molecule has 0 saturated heterocycles. The number of nitriles is 1. The number of benzene rings is 2. The van der Waals surface area contributed by atoms with Gasteiger partial charge in [0.25, 0.3) is 15.9 Å². The van der Waals surface area contributed by atoms with Gasteiger partial charge in [0, 0.05) is 0 Å². The van der Waals surface area contributed by atoms with Gasteiger partial charge in [0.15, 0.2) is 0 Å². The maximum absolute atomic E-state index is 12.4. The fourth-order valence-corrected chi connectivity index (χ4v) is 4.03. The molecule has 1 aliphatic rings. The third-order valence-electron chi connectivity index (χ3n) is 3.67. The molecule has 0 fully saturated rings. The van der Waals surface area contributed by atoms with Crippen LogP contribution in [0.1, 0.15) is 26.3 Å². The SMILES string of the molecule is N#Cc1cccc(C(=O)OCCN2C(=O)c3ccccc3S2(=O)=O)c1. The summed E-state index contributed by atoms with van der Waals surface area (Å²) in [7, 11) is -3.92. The molecule has 3 rings (SSSR count). The molecule has 7 nitrogen and oxygen atoms in total. The van der Waals surface area contributed by atoms with Gasteiger partial charge in [-0.2, -0.15) is 5.26 Å². The molecule has 0 spiro atoms. The Hall–Kier alpha value is -3.18. The van der Waals surface area contributed by atoms with Gasteiger partial charge in [0.1, 0.15) is 11.5 Å². The number of fused-ring (bicyclic) bond motifs is 1. The molecule has 2 aromatic rings. The molecule has 1 amide bonds. The summed E-state index contributed by atoms with van der Waals surface area (Å²) in [6, 6.07) is 13.8. The van der Waals surface area contributed by atoms with Crippen LogP contribution in [0.25, 0.3) is 0 Å². The molecule has 126 valence electrons. The highest BCUT2D eigenvalue weighted by Gasteiger charge is 2.40. The minimum atomic E-state index is -3.92. The van der Waals surface area contributed by atoms with Gasteiger partial charge in [-0.1, -0.05) is 18.2 Å². The highest BCUT2D eigenvalue weighted by Crippen LogP contribution is 2.29. The van der Waals surface area contributed by atoms with Crippen LogP contribution in [-0.4, -0.2) is 37.8 Å². The first-order valence-corrected chi connectivity index (χ1v) is 8.72. The molecule has 0 unspecified atom stereocenters. The van der Waals surface area contributed by atoms with E-state index in [1.165, 1.54) is 30.3 Å². The predicted molar refractivity (Wildman–Crippen MR) is 86.1 cm³/mol. The number of nitrogens with zero attached hydrogens (tertiary/aromatic N) is 2. The van der Waals surface area contributed by atoms with Crippen LogP contribution < -0.4 is 0 Å². The molecule has 0 radical (unpaired) electrons. The lowest BCUT2D eigenvalue weighted by Crippen LogP contribution is -2.33. The summed E-state index contributed by atoms with van der Waals surface area (Å²) in [6.45, 7) is -0.561. The van der Waals surface area contributed by atoms with Crippen molar-refractivity contribution in [2.24, 2.45) is 0 Å². The minimum Gasteiger partial charge on any atom is -0.460 e. The van der Waals surface area contributed by atoms with Crippen LogP contribution in [0.15, 0.2) is 53.4 Å². The summed E-state index contributed by atoms with van der Waals surface area (Å²) >= 11 is 0. The van der Waals surface area contributed by atoms with E-state index in [4.69, 9.17) is 10.00 Å². The Morgan fingerprint density at radius 1 is 1.16 bits per heavy atom. The van der Waals surface area contributed by atoms with E-state index in [0.29, 0.717) is 9.87 Å². The quantitative estimate of drug-likeness (QED) is 0.770. The van der Waals surface area contributed by atoms with Crippen molar-refractivity contribution in [3.8, 4) is 6.07 Å². The topological polar surface area (TPSA) is 105 Å². The van der Waals surface area contributed by atoms with Crippen LogP contribution in [-0.2, 0) is 14.8 Å². The van der Waals surface area contributed by atoms with Crippen LogP contribution in [0.5, 0.6) is 0 Å². The molecule has 0 atom stereocenters. The smallest absolute Gasteiger partial charge is 0.338 e. The van der Waals surface area contributed by atoms with Crippen LogP contribution in [0.2, 0.25) is 0 Å². The van der Waals surface area contributed by atoms with Gasteiger partial charge in [-0.05, 0) is 30.3 Å². The summed E-state index contributed by atoms with van der Waals surface area (Å²) in [5.41, 5.74) is 0.593. The molecule has 0 saturated carbocycles. The van der Waals surface area contributed by atoms with Crippen LogP contribution in [0.3, 0.4) is 0 Å². The number of hydrogen-bond acceptors (Lipinski definition) is 6. The van der Waals surface area contributed by atoms with Gasteiger partial charge in [-0.15, -0.1) is 0 Å². The lowest BCUT2D eigenvalue weighted by Gasteiger charge is -2.15. The lowest BCUT2D eigenvalue weighted by molar-refractivity contribution is 0.0477. The molecule has 0 N–H and O–H groups in total. The maximum Gasteiger partial charge on any atom is 0.338 e. The van der Waals surface area contributed by atoms with Crippen molar-refractivity contribution in [2.45, 2.75) is 4.90 Å². The second-order valence-corrected chi connectivity index (χ2v) is 7.04. The zero-order valence-electron chi connectivity index (χ0n) is 12.9. The van der Waals surface area contributed by atoms with Crippen molar-refractivity contribution >= 4 is 21.9 Å². The molecule has 0 aliphatic carbocycles. The van der Waals surface area contributed by atoms with Crippen molar-refractivity contribution in [1.29, 1.82) is 5.26 Å². The van der Waals surface area contributed by atoms with Gasteiger partial charge in [-0.3, -0.25) is 4.79 Å². The minimum absolute atomic E-state index is 0.0481. The normalized spacial score (nSPS) is 14.7. The van der Waals surface area contributed by atoms with E-state index in [1.54, 1.807) is 18.2 Å². The van der Waals surface area contributed by atoms with Gasteiger partial charge in [0.05, 0.1) is 29.3 Å². The largest absolute Gasteiger partial charge is 0.460 e. The predicted octanol–water partition coefficient (Wildman–Crippen LogP) is 1.56. The number of sulfonamides is 1. The molecule has 2 aromatic carbocycles. The summed E-state index contributed by atoms with van der Waals surface area (Å²) in [5, 5.41) is 8.82. The number of esters is 1. The van der Waals surface area contributed by atoms with Crippen LogP contribution in [0, 0.1) is 11.3 Å². The number of carbonyl (C=O) groups excluding carboxylic acids is 2. The van der Waals surface area contributed by atoms with Crippen molar-refractivity contribution < 1.29 is 22.7 Å². The zero-order chi connectivity index (χ0) is 18.0. The number of carbonyl (C=O) groups is 2. The molecular formula is C17H12N2O5S. The van der Waals surface area contributed by atoms with Gasteiger partial charge in [0.2, 0.25) is 0 Å². The second-order valence-electron chi connectivity index (χ2n) is 5.21. The van der Waals surface area contributed by atoms with Gasteiger partial charge < -0.3 is 4.74 Å². The first kappa shape index (κ1) is 16.7. The number of ether oxygens (including phenoxy) is 1. The maximum atomic E-state index is 12.4. The van der Waals surface area contributed by atoms with E-state index in [-0.39, 0.29) is 29.2 Å². The molecule has 25 heavy (non-hydrogen) atoms.